The molecule has 2 aromatic rings. The van der Waals surface area contributed by atoms with Crippen LogP contribution in [0.4, 0.5) is 4.39 Å². The predicted octanol–water partition coefficient (Wildman–Crippen LogP) is 2.18. The van der Waals surface area contributed by atoms with Crippen LogP contribution in [0.15, 0.2) is 48.5 Å². The van der Waals surface area contributed by atoms with Crippen molar-refractivity contribution < 1.29 is 14.0 Å². The Kier molecular flexibility index (Phi) is 5.25. The lowest BCUT2D eigenvalue weighted by atomic mass is 10.1. The number of amides is 2. The Bertz CT molecular complexity index is 686. The summed E-state index contributed by atoms with van der Waals surface area (Å²) in [5, 5.41) is 5.10. The highest BCUT2D eigenvalue weighted by Crippen LogP contribution is 2.05. The minimum Gasteiger partial charge on any atom is -0.350 e. The van der Waals surface area contributed by atoms with Gasteiger partial charge in [0, 0.05) is 6.54 Å². The molecule has 2 amide bonds. The molecule has 0 aliphatic heterocycles. The van der Waals surface area contributed by atoms with Gasteiger partial charge in [-0.15, -0.1) is 0 Å². The zero-order valence-electron chi connectivity index (χ0n) is 12.2. The van der Waals surface area contributed by atoms with Crippen molar-refractivity contribution in [2.75, 3.05) is 6.54 Å². The fourth-order valence-corrected chi connectivity index (χ4v) is 1.99. The van der Waals surface area contributed by atoms with E-state index in [1.54, 1.807) is 6.07 Å². The van der Waals surface area contributed by atoms with E-state index >= 15 is 0 Å². The van der Waals surface area contributed by atoms with Gasteiger partial charge in [-0.3, -0.25) is 9.59 Å². The first-order valence-corrected chi connectivity index (χ1v) is 6.91. The second-order valence-electron chi connectivity index (χ2n) is 4.93. The highest BCUT2D eigenvalue weighted by atomic mass is 19.1. The summed E-state index contributed by atoms with van der Waals surface area (Å²) in [6.07, 6.45) is 0. The normalized spacial score (nSPS) is 10.1. The molecule has 0 radical (unpaired) electrons. The van der Waals surface area contributed by atoms with E-state index in [-0.39, 0.29) is 18.0 Å². The summed E-state index contributed by atoms with van der Waals surface area (Å²) >= 11 is 0. The first kappa shape index (κ1) is 15.7. The van der Waals surface area contributed by atoms with Crippen LogP contribution in [-0.2, 0) is 11.3 Å². The van der Waals surface area contributed by atoms with Crippen molar-refractivity contribution in [3.8, 4) is 0 Å². The monoisotopic (exact) mass is 300 g/mol. The molecule has 4 nitrogen and oxygen atoms in total. The second kappa shape index (κ2) is 7.36. The Balaban J connectivity index is 1.81. The van der Waals surface area contributed by atoms with Crippen molar-refractivity contribution in [2.24, 2.45) is 0 Å². The zero-order valence-corrected chi connectivity index (χ0v) is 12.2. The number of hydrogen-bond donors (Lipinski definition) is 2. The third-order valence-electron chi connectivity index (χ3n) is 3.10. The number of carbonyl (C=O) groups is 2. The van der Waals surface area contributed by atoms with Gasteiger partial charge in [0.1, 0.15) is 5.82 Å². The fraction of sp³-hybridized carbons (Fsp3) is 0.176. The molecule has 0 fully saturated rings. The van der Waals surface area contributed by atoms with E-state index in [2.05, 4.69) is 10.6 Å². The average Bonchev–Trinajstić information content (AvgIpc) is 2.51. The molecule has 0 heterocycles. The summed E-state index contributed by atoms with van der Waals surface area (Å²) in [4.78, 5) is 23.5. The molecule has 2 rings (SSSR count). The Morgan fingerprint density at radius 3 is 2.55 bits per heavy atom. The van der Waals surface area contributed by atoms with Crippen molar-refractivity contribution in [3.63, 3.8) is 0 Å². The molecule has 0 atom stereocenters. The van der Waals surface area contributed by atoms with Crippen molar-refractivity contribution in [1.29, 1.82) is 0 Å². The predicted molar refractivity (Wildman–Crippen MR) is 81.8 cm³/mol. The van der Waals surface area contributed by atoms with E-state index in [1.807, 2.05) is 31.2 Å². The van der Waals surface area contributed by atoms with Crippen LogP contribution in [0.1, 0.15) is 21.5 Å². The zero-order chi connectivity index (χ0) is 15.9. The van der Waals surface area contributed by atoms with E-state index in [4.69, 9.17) is 0 Å². The molecule has 2 aromatic carbocycles. The minimum absolute atomic E-state index is 0.0750. The van der Waals surface area contributed by atoms with E-state index in [9.17, 15) is 14.0 Å². The van der Waals surface area contributed by atoms with Crippen molar-refractivity contribution >= 4 is 11.8 Å². The standard InChI is InChI=1S/C17H17FN2O2/c1-12-5-4-6-13(9-12)10-19-16(21)11-20-17(22)14-7-2-3-8-15(14)18/h2-9H,10-11H2,1H3,(H,19,21)(H,20,22). The lowest BCUT2D eigenvalue weighted by Gasteiger charge is -2.08. The maximum Gasteiger partial charge on any atom is 0.254 e. The second-order valence-corrected chi connectivity index (χ2v) is 4.93. The number of aryl methyl sites for hydroxylation is 1. The Morgan fingerprint density at radius 2 is 1.82 bits per heavy atom. The van der Waals surface area contributed by atoms with Gasteiger partial charge in [-0.05, 0) is 24.6 Å². The topological polar surface area (TPSA) is 58.2 Å². The van der Waals surface area contributed by atoms with Gasteiger partial charge in [-0.1, -0.05) is 42.0 Å². The smallest absolute Gasteiger partial charge is 0.254 e. The number of benzene rings is 2. The van der Waals surface area contributed by atoms with Crippen LogP contribution in [0.2, 0.25) is 0 Å². The van der Waals surface area contributed by atoms with Crippen LogP contribution in [0.3, 0.4) is 0 Å². The molecule has 0 aromatic heterocycles. The van der Waals surface area contributed by atoms with Crippen LogP contribution < -0.4 is 10.6 Å². The SMILES string of the molecule is Cc1cccc(CNC(=O)CNC(=O)c2ccccc2F)c1. The van der Waals surface area contributed by atoms with Gasteiger partial charge in [0.2, 0.25) is 5.91 Å². The molecule has 0 spiro atoms. The molecule has 22 heavy (non-hydrogen) atoms. The molecule has 5 heteroatoms. The molecular weight excluding hydrogens is 283 g/mol. The lowest BCUT2D eigenvalue weighted by Crippen LogP contribution is -2.36. The maximum atomic E-state index is 13.4. The first-order valence-electron chi connectivity index (χ1n) is 6.91. The highest BCUT2D eigenvalue weighted by molar-refractivity contribution is 5.96. The number of hydrogen-bond acceptors (Lipinski definition) is 2. The Hall–Kier alpha value is -2.69. The van der Waals surface area contributed by atoms with Gasteiger partial charge in [-0.25, -0.2) is 4.39 Å². The molecule has 0 saturated heterocycles. The molecular formula is C17H17FN2O2. The Labute approximate surface area is 128 Å². The summed E-state index contributed by atoms with van der Waals surface area (Å²) in [6, 6.07) is 13.4. The van der Waals surface area contributed by atoms with E-state index in [1.165, 1.54) is 18.2 Å². The van der Waals surface area contributed by atoms with Crippen LogP contribution in [0, 0.1) is 12.7 Å². The summed E-state index contributed by atoms with van der Waals surface area (Å²) in [6.45, 7) is 2.16. The van der Waals surface area contributed by atoms with Crippen molar-refractivity contribution in [1.82, 2.24) is 10.6 Å². The van der Waals surface area contributed by atoms with Gasteiger partial charge in [0.05, 0.1) is 12.1 Å². The van der Waals surface area contributed by atoms with E-state index in [0.29, 0.717) is 6.54 Å². The van der Waals surface area contributed by atoms with Crippen molar-refractivity contribution in [2.45, 2.75) is 13.5 Å². The van der Waals surface area contributed by atoms with Crippen molar-refractivity contribution in [3.05, 3.63) is 71.0 Å². The van der Waals surface area contributed by atoms with E-state index < -0.39 is 11.7 Å². The van der Waals surface area contributed by atoms with Gasteiger partial charge in [0.25, 0.3) is 5.91 Å². The third-order valence-corrected chi connectivity index (χ3v) is 3.10. The number of rotatable bonds is 5. The third kappa shape index (κ3) is 4.41. The molecule has 0 saturated carbocycles. The molecule has 0 aliphatic carbocycles. The Morgan fingerprint density at radius 1 is 1.05 bits per heavy atom. The average molecular weight is 300 g/mol. The molecule has 2 N–H and O–H groups in total. The van der Waals surface area contributed by atoms with E-state index in [0.717, 1.165) is 11.1 Å². The van der Waals surface area contributed by atoms with Crippen LogP contribution in [-0.4, -0.2) is 18.4 Å². The van der Waals surface area contributed by atoms with Gasteiger partial charge in [-0.2, -0.15) is 0 Å². The summed E-state index contributed by atoms with van der Waals surface area (Å²) < 4.78 is 13.4. The van der Waals surface area contributed by atoms with Gasteiger partial charge >= 0.3 is 0 Å². The molecule has 0 aliphatic rings. The lowest BCUT2D eigenvalue weighted by molar-refractivity contribution is -0.120. The molecule has 0 unspecified atom stereocenters. The highest BCUT2D eigenvalue weighted by Gasteiger charge is 2.11. The molecule has 0 bridgehead atoms. The number of halogens is 1. The van der Waals surface area contributed by atoms with Crippen LogP contribution >= 0.6 is 0 Å². The van der Waals surface area contributed by atoms with Gasteiger partial charge < -0.3 is 10.6 Å². The largest absolute Gasteiger partial charge is 0.350 e. The van der Waals surface area contributed by atoms with Crippen LogP contribution in [0.5, 0.6) is 0 Å². The summed E-state index contributed by atoms with van der Waals surface area (Å²) in [5.41, 5.74) is 2.02. The number of carbonyl (C=O) groups excluding carboxylic acids is 2. The maximum absolute atomic E-state index is 13.4. The first-order chi connectivity index (χ1) is 10.6. The fourth-order valence-electron chi connectivity index (χ4n) is 1.99. The van der Waals surface area contributed by atoms with Crippen LogP contribution in [0.25, 0.3) is 0 Å². The molecule has 114 valence electrons. The summed E-state index contributed by atoms with van der Waals surface area (Å²) in [7, 11) is 0. The number of nitrogens with one attached hydrogen (secondary N) is 2. The summed E-state index contributed by atoms with van der Waals surface area (Å²) in [5.74, 6) is -1.55. The quantitative estimate of drug-likeness (QED) is 0.889. The minimum atomic E-state index is -0.611. The van der Waals surface area contributed by atoms with Gasteiger partial charge in [0.15, 0.2) is 0 Å².